The van der Waals surface area contributed by atoms with Crippen LogP contribution in [0.4, 0.5) is 10.5 Å². The van der Waals surface area contributed by atoms with Crippen molar-refractivity contribution >= 4 is 17.6 Å². The highest BCUT2D eigenvalue weighted by Crippen LogP contribution is 2.23. The van der Waals surface area contributed by atoms with Crippen LogP contribution in [-0.2, 0) is 0 Å². The normalized spacial score (nSPS) is 19.9. The van der Waals surface area contributed by atoms with Crippen LogP contribution in [0.15, 0.2) is 18.2 Å². The zero-order valence-corrected chi connectivity index (χ0v) is 14.9. The molecular weight excluding hydrogens is 320 g/mol. The molecule has 0 bridgehead atoms. The van der Waals surface area contributed by atoms with Gasteiger partial charge >= 0.3 is 6.03 Å². The number of hydrogen-bond donors (Lipinski definition) is 2. The zero-order valence-electron chi connectivity index (χ0n) is 14.9. The molecule has 2 fully saturated rings. The first kappa shape index (κ1) is 17.7. The van der Waals surface area contributed by atoms with E-state index in [1.807, 2.05) is 24.0 Å². The summed E-state index contributed by atoms with van der Waals surface area (Å²) in [5, 5.41) is 12.3. The van der Waals surface area contributed by atoms with Gasteiger partial charge in [0, 0.05) is 57.1 Å². The predicted octanol–water partition coefficient (Wildman–Crippen LogP) is 0.663. The van der Waals surface area contributed by atoms with Gasteiger partial charge in [0.1, 0.15) is 0 Å². The number of aliphatic hydroxyl groups is 1. The molecular formula is C18H26N4O3. The summed E-state index contributed by atoms with van der Waals surface area (Å²) in [7, 11) is 0. The van der Waals surface area contributed by atoms with E-state index in [0.717, 1.165) is 24.3 Å². The number of piperazine rings is 1. The Morgan fingerprint density at radius 1 is 1.24 bits per heavy atom. The number of carbonyl (C=O) groups is 2. The Morgan fingerprint density at radius 3 is 2.52 bits per heavy atom. The Bertz CT molecular complexity index is 654. The van der Waals surface area contributed by atoms with Gasteiger partial charge in [-0.1, -0.05) is 0 Å². The van der Waals surface area contributed by atoms with Crippen molar-refractivity contribution in [3.05, 3.63) is 29.3 Å². The smallest absolute Gasteiger partial charge is 0.322 e. The summed E-state index contributed by atoms with van der Waals surface area (Å²) < 4.78 is 0. The maximum Gasteiger partial charge on any atom is 0.322 e. The van der Waals surface area contributed by atoms with Crippen molar-refractivity contribution < 1.29 is 14.7 Å². The molecule has 2 saturated heterocycles. The fourth-order valence-corrected chi connectivity index (χ4v) is 3.48. The molecule has 136 valence electrons. The van der Waals surface area contributed by atoms with Crippen molar-refractivity contribution in [3.63, 3.8) is 0 Å². The molecule has 0 aromatic heterocycles. The largest absolute Gasteiger partial charge is 0.392 e. The fraction of sp³-hybridized carbons (Fsp3) is 0.556. The molecule has 0 aliphatic carbocycles. The van der Waals surface area contributed by atoms with Gasteiger partial charge in [-0.25, -0.2) is 4.79 Å². The van der Waals surface area contributed by atoms with Gasteiger partial charge < -0.3 is 15.3 Å². The van der Waals surface area contributed by atoms with E-state index in [2.05, 4.69) is 10.2 Å². The summed E-state index contributed by atoms with van der Waals surface area (Å²) in [5.74, 6) is 0.0252. The maximum atomic E-state index is 12.7. The van der Waals surface area contributed by atoms with Crippen molar-refractivity contribution in [3.8, 4) is 0 Å². The van der Waals surface area contributed by atoms with Gasteiger partial charge in [-0.15, -0.1) is 0 Å². The lowest BCUT2D eigenvalue weighted by Gasteiger charge is -2.35. The number of hydrogen-bond acceptors (Lipinski definition) is 4. The third kappa shape index (κ3) is 3.93. The van der Waals surface area contributed by atoms with E-state index < -0.39 is 0 Å². The Labute approximate surface area is 148 Å². The zero-order chi connectivity index (χ0) is 18.0. The minimum absolute atomic E-state index is 0.0252. The van der Waals surface area contributed by atoms with Gasteiger partial charge in [0.25, 0.3) is 5.91 Å². The first-order valence-corrected chi connectivity index (χ1v) is 8.81. The van der Waals surface area contributed by atoms with Crippen LogP contribution in [0.2, 0.25) is 0 Å². The van der Waals surface area contributed by atoms with Crippen LogP contribution in [0.1, 0.15) is 22.8 Å². The van der Waals surface area contributed by atoms with E-state index >= 15 is 0 Å². The summed E-state index contributed by atoms with van der Waals surface area (Å²) in [5.41, 5.74) is 2.44. The number of amides is 3. The highest BCUT2D eigenvalue weighted by atomic mass is 16.3. The second kappa shape index (κ2) is 7.41. The van der Waals surface area contributed by atoms with E-state index in [1.54, 1.807) is 17.9 Å². The van der Waals surface area contributed by atoms with Crippen LogP contribution >= 0.6 is 0 Å². The first-order chi connectivity index (χ1) is 12.0. The fourth-order valence-electron chi connectivity index (χ4n) is 3.48. The van der Waals surface area contributed by atoms with Crippen LogP contribution in [0.5, 0.6) is 0 Å². The minimum Gasteiger partial charge on any atom is -0.392 e. The van der Waals surface area contributed by atoms with Gasteiger partial charge in [-0.05, 0) is 37.6 Å². The average molecular weight is 346 g/mol. The van der Waals surface area contributed by atoms with E-state index in [1.165, 1.54) is 0 Å². The molecule has 3 amide bonds. The molecule has 1 aromatic rings. The highest BCUT2D eigenvalue weighted by molar-refractivity contribution is 5.98. The first-order valence-electron chi connectivity index (χ1n) is 8.81. The van der Waals surface area contributed by atoms with Gasteiger partial charge in [-0.3, -0.25) is 14.6 Å². The van der Waals surface area contributed by atoms with Gasteiger partial charge in [0.05, 0.1) is 6.10 Å². The van der Waals surface area contributed by atoms with Gasteiger partial charge in [0.2, 0.25) is 0 Å². The number of urea groups is 1. The molecule has 1 aromatic carbocycles. The molecule has 2 aliphatic rings. The van der Waals surface area contributed by atoms with Gasteiger partial charge in [-0.2, -0.15) is 0 Å². The van der Waals surface area contributed by atoms with Crippen molar-refractivity contribution in [2.24, 2.45) is 0 Å². The molecule has 3 rings (SSSR count). The summed E-state index contributed by atoms with van der Waals surface area (Å²) in [4.78, 5) is 30.3. The Kier molecular flexibility index (Phi) is 5.24. The van der Waals surface area contributed by atoms with Crippen molar-refractivity contribution in [2.45, 2.75) is 20.0 Å². The number of β-amino-alcohol motifs (C(OH)–C–C–N with tert-alkyl or cyclic N) is 1. The van der Waals surface area contributed by atoms with Crippen LogP contribution in [-0.4, -0.2) is 78.8 Å². The Balaban J connectivity index is 1.65. The third-order valence-corrected chi connectivity index (χ3v) is 4.77. The van der Waals surface area contributed by atoms with E-state index in [-0.39, 0.29) is 18.0 Å². The van der Waals surface area contributed by atoms with Crippen molar-refractivity contribution in [1.82, 2.24) is 15.1 Å². The second-order valence-corrected chi connectivity index (χ2v) is 6.83. The molecule has 0 unspecified atom stereocenters. The Morgan fingerprint density at radius 2 is 1.96 bits per heavy atom. The summed E-state index contributed by atoms with van der Waals surface area (Å²) in [6.45, 7) is 8.55. The summed E-state index contributed by atoms with van der Waals surface area (Å²) in [6, 6.07) is 5.44. The third-order valence-electron chi connectivity index (χ3n) is 4.77. The van der Waals surface area contributed by atoms with Crippen LogP contribution in [0.25, 0.3) is 0 Å². The summed E-state index contributed by atoms with van der Waals surface area (Å²) in [6.07, 6.45) is -0.347. The molecule has 2 aliphatic heterocycles. The number of benzene rings is 1. The van der Waals surface area contributed by atoms with E-state index in [0.29, 0.717) is 38.3 Å². The van der Waals surface area contributed by atoms with Crippen LogP contribution < -0.4 is 10.2 Å². The standard InChI is InChI=1S/C18H26N4O3/c1-13-11-15(3-4-16(13)22-6-5-19-18(22)25)17(24)21-9-7-20(8-10-21)12-14(2)23/h3-4,11,14,23H,5-10,12H2,1-2H3,(H,19,25)/t14-/m1/s1. The molecule has 1 atom stereocenters. The number of anilines is 1. The number of aliphatic hydroxyl groups excluding tert-OH is 1. The summed E-state index contributed by atoms with van der Waals surface area (Å²) >= 11 is 0. The van der Waals surface area contributed by atoms with Crippen LogP contribution in [0, 0.1) is 6.92 Å². The lowest BCUT2D eigenvalue weighted by molar-refractivity contribution is 0.0554. The lowest BCUT2D eigenvalue weighted by Crippen LogP contribution is -2.50. The van der Waals surface area contributed by atoms with Gasteiger partial charge in [0.15, 0.2) is 0 Å². The van der Waals surface area contributed by atoms with Crippen LogP contribution in [0.3, 0.4) is 0 Å². The number of rotatable bonds is 4. The highest BCUT2D eigenvalue weighted by Gasteiger charge is 2.25. The average Bonchev–Trinajstić information content (AvgIpc) is 3.00. The molecule has 7 heteroatoms. The van der Waals surface area contributed by atoms with Crippen molar-refractivity contribution in [2.75, 3.05) is 50.7 Å². The number of aryl methyl sites for hydroxylation is 1. The molecule has 7 nitrogen and oxygen atoms in total. The van der Waals surface area contributed by atoms with Crippen molar-refractivity contribution in [1.29, 1.82) is 0 Å². The molecule has 0 radical (unpaired) electrons. The molecule has 0 saturated carbocycles. The topological polar surface area (TPSA) is 76.1 Å². The molecule has 25 heavy (non-hydrogen) atoms. The number of nitrogens with zero attached hydrogens (tertiary/aromatic N) is 3. The monoisotopic (exact) mass is 346 g/mol. The number of nitrogens with one attached hydrogen (secondary N) is 1. The quantitative estimate of drug-likeness (QED) is 0.840. The Hall–Kier alpha value is -2.12. The SMILES string of the molecule is Cc1cc(C(=O)N2CCN(C[C@@H](C)O)CC2)ccc1N1CCNC1=O. The number of carbonyl (C=O) groups excluding carboxylic acids is 2. The maximum absolute atomic E-state index is 12.7. The lowest BCUT2D eigenvalue weighted by atomic mass is 10.1. The second-order valence-electron chi connectivity index (χ2n) is 6.83. The van der Waals surface area contributed by atoms with E-state index in [4.69, 9.17) is 0 Å². The van der Waals surface area contributed by atoms with E-state index in [9.17, 15) is 14.7 Å². The predicted molar refractivity (Wildman–Crippen MR) is 95.9 cm³/mol. The molecule has 0 spiro atoms. The minimum atomic E-state index is -0.347. The molecule has 2 heterocycles. The molecule has 2 N–H and O–H groups in total.